The number of amides is 2. The number of rotatable bonds is 7. The molecule has 0 aliphatic heterocycles. The second-order valence-corrected chi connectivity index (χ2v) is 5.85. The van der Waals surface area contributed by atoms with Crippen LogP contribution in [0.15, 0.2) is 0 Å². The minimum atomic E-state index is -1.23. The second-order valence-electron chi connectivity index (χ2n) is 5.54. The number of alkyl halides is 1. The molecular formula is C13H23ClN2O5. The maximum Gasteiger partial charge on any atom is 0.408 e. The van der Waals surface area contributed by atoms with E-state index in [0.29, 0.717) is 12.8 Å². The Bertz CT molecular complexity index is 381. The Morgan fingerprint density at radius 3 is 2.14 bits per heavy atom. The van der Waals surface area contributed by atoms with Crippen LogP contribution in [0.25, 0.3) is 0 Å². The lowest BCUT2D eigenvalue weighted by Gasteiger charge is -2.24. The molecule has 0 aliphatic carbocycles. The number of halogens is 1. The van der Waals surface area contributed by atoms with E-state index in [4.69, 9.17) is 21.4 Å². The summed E-state index contributed by atoms with van der Waals surface area (Å²) >= 11 is 5.47. The molecule has 0 aromatic rings. The van der Waals surface area contributed by atoms with Gasteiger partial charge in [-0.15, -0.1) is 11.6 Å². The van der Waals surface area contributed by atoms with Gasteiger partial charge in [0.1, 0.15) is 17.7 Å². The van der Waals surface area contributed by atoms with Gasteiger partial charge in [-0.25, -0.2) is 9.59 Å². The summed E-state index contributed by atoms with van der Waals surface area (Å²) in [4.78, 5) is 34.5. The summed E-state index contributed by atoms with van der Waals surface area (Å²) in [6, 6.07) is -2.06. The van der Waals surface area contributed by atoms with Crippen molar-refractivity contribution in [2.24, 2.45) is 0 Å². The van der Waals surface area contributed by atoms with Crippen molar-refractivity contribution in [3.8, 4) is 0 Å². The Labute approximate surface area is 129 Å². The Kier molecular flexibility index (Phi) is 8.09. The van der Waals surface area contributed by atoms with Crippen LogP contribution in [-0.2, 0) is 14.3 Å². The van der Waals surface area contributed by atoms with E-state index in [2.05, 4.69) is 10.6 Å². The van der Waals surface area contributed by atoms with Gasteiger partial charge in [0.25, 0.3) is 0 Å². The number of carboxylic acid groups (broad SMARTS) is 1. The van der Waals surface area contributed by atoms with E-state index in [1.807, 2.05) is 6.92 Å². The molecule has 2 amide bonds. The number of hydrogen-bond donors (Lipinski definition) is 3. The lowest BCUT2D eigenvalue weighted by molar-refractivity contribution is -0.141. The molecule has 2 atom stereocenters. The minimum Gasteiger partial charge on any atom is -0.480 e. The molecule has 0 spiro atoms. The number of hydrogen-bond acceptors (Lipinski definition) is 4. The highest BCUT2D eigenvalue weighted by molar-refractivity contribution is 6.19. The van der Waals surface area contributed by atoms with Crippen molar-refractivity contribution in [1.82, 2.24) is 10.6 Å². The van der Waals surface area contributed by atoms with Crippen LogP contribution in [0.5, 0.6) is 0 Å². The van der Waals surface area contributed by atoms with Crippen molar-refractivity contribution in [1.29, 1.82) is 0 Å². The van der Waals surface area contributed by atoms with Gasteiger partial charge in [0.05, 0.1) is 5.88 Å². The largest absolute Gasteiger partial charge is 0.480 e. The predicted octanol–water partition coefficient (Wildman–Crippen LogP) is 1.49. The van der Waals surface area contributed by atoms with Crippen LogP contribution in [0.4, 0.5) is 4.79 Å². The minimum absolute atomic E-state index is 0.258. The highest BCUT2D eigenvalue weighted by Crippen LogP contribution is 2.08. The summed E-state index contributed by atoms with van der Waals surface area (Å²) in [6.45, 7) is 6.95. The number of alkyl carbamates (subject to hydrolysis) is 1. The molecule has 0 rings (SSSR count). The number of carboxylic acids is 1. The predicted molar refractivity (Wildman–Crippen MR) is 78.4 cm³/mol. The first kappa shape index (κ1) is 19.5. The molecule has 3 N–H and O–H groups in total. The summed E-state index contributed by atoms with van der Waals surface area (Å²) in [5.74, 6) is -2.09. The van der Waals surface area contributed by atoms with E-state index < -0.39 is 35.7 Å². The van der Waals surface area contributed by atoms with E-state index in [-0.39, 0.29) is 5.88 Å². The van der Waals surface area contributed by atoms with Gasteiger partial charge in [-0.05, 0) is 27.2 Å². The van der Waals surface area contributed by atoms with Gasteiger partial charge in [0, 0.05) is 0 Å². The zero-order valence-electron chi connectivity index (χ0n) is 12.7. The number of ether oxygens (including phenoxy) is 1. The third-order valence-electron chi connectivity index (χ3n) is 2.35. The van der Waals surface area contributed by atoms with Crippen LogP contribution in [0.1, 0.15) is 40.5 Å². The average Bonchev–Trinajstić information content (AvgIpc) is 2.32. The van der Waals surface area contributed by atoms with Crippen molar-refractivity contribution in [2.75, 3.05) is 5.88 Å². The number of carbonyl (C=O) groups excluding carboxylic acids is 2. The first-order chi connectivity index (χ1) is 9.60. The number of nitrogens with one attached hydrogen (secondary N) is 2. The van der Waals surface area contributed by atoms with Gasteiger partial charge in [-0.2, -0.15) is 0 Å². The molecule has 0 heterocycles. The second kappa shape index (κ2) is 8.71. The smallest absolute Gasteiger partial charge is 0.408 e. The van der Waals surface area contributed by atoms with Crippen LogP contribution in [0.2, 0.25) is 0 Å². The van der Waals surface area contributed by atoms with Crippen LogP contribution in [-0.4, -0.2) is 46.6 Å². The molecule has 0 radical (unpaired) electrons. The van der Waals surface area contributed by atoms with Crippen LogP contribution < -0.4 is 10.6 Å². The maximum atomic E-state index is 12.0. The topological polar surface area (TPSA) is 105 Å². The Morgan fingerprint density at radius 1 is 1.19 bits per heavy atom. The molecular weight excluding hydrogens is 300 g/mol. The first-order valence-electron chi connectivity index (χ1n) is 6.69. The molecule has 0 aliphatic rings. The average molecular weight is 323 g/mol. The third-order valence-corrected chi connectivity index (χ3v) is 2.66. The molecule has 7 nitrogen and oxygen atoms in total. The molecule has 0 bridgehead atoms. The van der Waals surface area contributed by atoms with Gasteiger partial charge in [-0.3, -0.25) is 4.79 Å². The lowest BCUT2D eigenvalue weighted by atomic mass is 10.1. The zero-order chi connectivity index (χ0) is 16.6. The Balaban J connectivity index is 4.70. The monoisotopic (exact) mass is 322 g/mol. The molecule has 2 unspecified atom stereocenters. The standard InChI is InChI=1S/C13H23ClN2O5/c1-5-6-8(16-12(20)21-13(2,3)4)10(17)15-9(7-14)11(18)19/h8-9H,5-7H2,1-4H3,(H,15,17)(H,16,20)(H,18,19). The fraction of sp³-hybridized carbons (Fsp3) is 0.769. The van der Waals surface area contributed by atoms with Crippen LogP contribution >= 0.6 is 11.6 Å². The van der Waals surface area contributed by atoms with Crippen LogP contribution in [0, 0.1) is 0 Å². The Morgan fingerprint density at radius 2 is 1.76 bits per heavy atom. The fourth-order valence-corrected chi connectivity index (χ4v) is 1.66. The summed E-state index contributed by atoms with van der Waals surface area (Å²) in [6.07, 6.45) is 0.264. The number of aliphatic carboxylic acids is 1. The molecule has 8 heteroatoms. The maximum absolute atomic E-state index is 12.0. The molecule has 0 aromatic heterocycles. The molecule has 21 heavy (non-hydrogen) atoms. The SMILES string of the molecule is CCCC(NC(=O)OC(C)(C)C)C(=O)NC(CCl)C(=O)O. The summed E-state index contributed by atoms with van der Waals surface area (Å²) in [7, 11) is 0. The van der Waals surface area contributed by atoms with Crippen molar-refractivity contribution >= 4 is 29.6 Å². The van der Waals surface area contributed by atoms with Gasteiger partial charge in [0.2, 0.25) is 5.91 Å². The van der Waals surface area contributed by atoms with E-state index in [0.717, 1.165) is 0 Å². The molecule has 0 saturated heterocycles. The quantitative estimate of drug-likeness (QED) is 0.616. The lowest BCUT2D eigenvalue weighted by Crippen LogP contribution is -2.52. The molecule has 0 saturated carbocycles. The molecule has 0 aromatic carbocycles. The van der Waals surface area contributed by atoms with Gasteiger partial charge < -0.3 is 20.5 Å². The van der Waals surface area contributed by atoms with E-state index in [1.165, 1.54) is 0 Å². The van der Waals surface area contributed by atoms with Gasteiger partial charge in [0.15, 0.2) is 0 Å². The zero-order valence-corrected chi connectivity index (χ0v) is 13.5. The Hall–Kier alpha value is -1.50. The van der Waals surface area contributed by atoms with Crippen molar-refractivity contribution in [3.05, 3.63) is 0 Å². The van der Waals surface area contributed by atoms with Crippen LogP contribution in [0.3, 0.4) is 0 Å². The summed E-state index contributed by atoms with van der Waals surface area (Å²) < 4.78 is 5.07. The van der Waals surface area contributed by atoms with E-state index in [1.54, 1.807) is 20.8 Å². The molecule has 122 valence electrons. The normalized spacial score (nSPS) is 14.0. The third kappa shape index (κ3) is 8.39. The van der Waals surface area contributed by atoms with Gasteiger partial charge >= 0.3 is 12.1 Å². The fourth-order valence-electron chi connectivity index (χ4n) is 1.45. The highest BCUT2D eigenvalue weighted by atomic mass is 35.5. The molecule has 0 fully saturated rings. The van der Waals surface area contributed by atoms with E-state index >= 15 is 0 Å². The first-order valence-corrected chi connectivity index (χ1v) is 7.22. The van der Waals surface area contributed by atoms with Crippen molar-refractivity contribution < 1.29 is 24.2 Å². The summed E-state index contributed by atoms with van der Waals surface area (Å²) in [5, 5.41) is 13.6. The van der Waals surface area contributed by atoms with Gasteiger partial charge in [-0.1, -0.05) is 13.3 Å². The number of carbonyl (C=O) groups is 3. The highest BCUT2D eigenvalue weighted by Gasteiger charge is 2.27. The van der Waals surface area contributed by atoms with E-state index in [9.17, 15) is 14.4 Å². The van der Waals surface area contributed by atoms with Crippen molar-refractivity contribution in [3.63, 3.8) is 0 Å². The summed E-state index contributed by atoms with van der Waals surface area (Å²) in [5.41, 5.74) is -0.683. The van der Waals surface area contributed by atoms with Crippen molar-refractivity contribution in [2.45, 2.75) is 58.2 Å².